The van der Waals surface area contributed by atoms with E-state index in [1.54, 1.807) is 7.11 Å². The third kappa shape index (κ3) is 3.23. The maximum absolute atomic E-state index is 6.44. The summed E-state index contributed by atoms with van der Waals surface area (Å²) >= 11 is 0. The van der Waals surface area contributed by atoms with E-state index in [0.717, 1.165) is 68.9 Å². The first-order valence-electron chi connectivity index (χ1n) is 8.45. The van der Waals surface area contributed by atoms with E-state index in [2.05, 4.69) is 18.3 Å². The highest BCUT2D eigenvalue weighted by atomic mass is 16.5. The van der Waals surface area contributed by atoms with E-state index < -0.39 is 0 Å². The molecular formula is C18H27NO3. The highest BCUT2D eigenvalue weighted by Gasteiger charge is 2.42. The van der Waals surface area contributed by atoms with Gasteiger partial charge in [-0.05, 0) is 44.5 Å². The second kappa shape index (κ2) is 6.88. The van der Waals surface area contributed by atoms with Gasteiger partial charge in [0.2, 0.25) is 0 Å². The number of nitrogens with one attached hydrogen (secondary N) is 1. The predicted molar refractivity (Wildman–Crippen MR) is 86.7 cm³/mol. The van der Waals surface area contributed by atoms with Crippen LogP contribution in [0.2, 0.25) is 0 Å². The lowest BCUT2D eigenvalue weighted by Gasteiger charge is -2.44. The average Bonchev–Trinajstić information content (AvgIpc) is 2.55. The minimum atomic E-state index is -0.0824. The monoisotopic (exact) mass is 305 g/mol. The zero-order valence-electron chi connectivity index (χ0n) is 13.7. The highest BCUT2D eigenvalue weighted by molar-refractivity contribution is 5.44. The van der Waals surface area contributed by atoms with Gasteiger partial charge in [-0.1, -0.05) is 13.3 Å². The van der Waals surface area contributed by atoms with E-state index in [1.165, 1.54) is 0 Å². The number of benzene rings is 1. The highest BCUT2D eigenvalue weighted by Crippen LogP contribution is 2.45. The molecule has 1 aromatic carbocycles. The van der Waals surface area contributed by atoms with Crippen LogP contribution in [0.25, 0.3) is 0 Å². The first kappa shape index (κ1) is 15.6. The minimum Gasteiger partial charge on any atom is -0.493 e. The molecule has 1 aromatic rings. The summed E-state index contributed by atoms with van der Waals surface area (Å²) in [5.74, 6) is 1.84. The van der Waals surface area contributed by atoms with Gasteiger partial charge in [-0.25, -0.2) is 0 Å². The van der Waals surface area contributed by atoms with Gasteiger partial charge in [-0.3, -0.25) is 0 Å². The van der Waals surface area contributed by atoms with Crippen molar-refractivity contribution in [2.45, 2.75) is 50.7 Å². The first-order valence-corrected chi connectivity index (χ1v) is 8.45. The smallest absolute Gasteiger partial charge is 0.129 e. The predicted octanol–water partition coefficient (Wildman–Crippen LogP) is 3.46. The lowest BCUT2D eigenvalue weighted by atomic mass is 9.82. The van der Waals surface area contributed by atoms with Crippen LogP contribution in [-0.4, -0.2) is 32.4 Å². The molecule has 0 aromatic heterocycles. The molecule has 1 spiro atoms. The summed E-state index contributed by atoms with van der Waals surface area (Å²) < 4.78 is 18.0. The minimum absolute atomic E-state index is 0.0824. The van der Waals surface area contributed by atoms with Gasteiger partial charge in [0.1, 0.15) is 17.1 Å². The summed E-state index contributed by atoms with van der Waals surface area (Å²) in [5, 5.41) is 3.41. The van der Waals surface area contributed by atoms with Gasteiger partial charge in [0.15, 0.2) is 0 Å². The third-order valence-electron chi connectivity index (χ3n) is 4.78. The summed E-state index contributed by atoms with van der Waals surface area (Å²) in [4.78, 5) is 0. The average molecular weight is 305 g/mol. The molecule has 4 nitrogen and oxygen atoms in total. The van der Waals surface area contributed by atoms with Gasteiger partial charge in [0.25, 0.3) is 0 Å². The molecule has 1 saturated heterocycles. The Labute approximate surface area is 133 Å². The van der Waals surface area contributed by atoms with Crippen molar-refractivity contribution in [3.8, 4) is 11.5 Å². The quantitative estimate of drug-likeness (QED) is 0.846. The van der Waals surface area contributed by atoms with E-state index in [1.807, 2.05) is 12.1 Å². The molecule has 0 amide bonds. The van der Waals surface area contributed by atoms with Crippen LogP contribution in [0.3, 0.4) is 0 Å². The first-order chi connectivity index (χ1) is 10.8. The number of methoxy groups -OCH3 is 1. The molecule has 1 atom stereocenters. The van der Waals surface area contributed by atoms with Crippen molar-refractivity contribution in [2.24, 2.45) is 0 Å². The van der Waals surface area contributed by atoms with Crippen LogP contribution in [-0.2, 0) is 4.74 Å². The van der Waals surface area contributed by atoms with Crippen molar-refractivity contribution in [3.05, 3.63) is 23.8 Å². The molecule has 2 aliphatic rings. The topological polar surface area (TPSA) is 39.7 Å². The summed E-state index contributed by atoms with van der Waals surface area (Å²) in [5.41, 5.74) is 1.07. The molecule has 1 unspecified atom stereocenters. The normalized spacial score (nSPS) is 22.9. The molecular weight excluding hydrogens is 278 g/mol. The number of hydrogen-bond acceptors (Lipinski definition) is 4. The van der Waals surface area contributed by atoms with Crippen molar-refractivity contribution in [1.29, 1.82) is 0 Å². The second-order valence-electron chi connectivity index (χ2n) is 6.37. The van der Waals surface area contributed by atoms with Gasteiger partial charge >= 0.3 is 0 Å². The van der Waals surface area contributed by atoms with Crippen LogP contribution in [0.5, 0.6) is 11.5 Å². The second-order valence-corrected chi connectivity index (χ2v) is 6.37. The lowest BCUT2D eigenvalue weighted by Crippen LogP contribution is -2.49. The Kier molecular flexibility index (Phi) is 4.89. The molecule has 4 heteroatoms. The Morgan fingerprint density at radius 1 is 1.32 bits per heavy atom. The molecule has 122 valence electrons. The van der Waals surface area contributed by atoms with E-state index in [0.29, 0.717) is 0 Å². The Morgan fingerprint density at radius 3 is 2.86 bits per heavy atom. The van der Waals surface area contributed by atoms with Crippen molar-refractivity contribution >= 4 is 0 Å². The fourth-order valence-corrected chi connectivity index (χ4v) is 3.41. The zero-order chi connectivity index (χ0) is 15.4. The SMILES string of the molecule is CCCCOc1ccc2c(c1)OC1(CCNCC1)CC2OC. The van der Waals surface area contributed by atoms with Crippen molar-refractivity contribution in [3.63, 3.8) is 0 Å². The van der Waals surface area contributed by atoms with Gasteiger partial charge in [0.05, 0.1) is 12.7 Å². The van der Waals surface area contributed by atoms with E-state index in [4.69, 9.17) is 14.2 Å². The van der Waals surface area contributed by atoms with Crippen LogP contribution >= 0.6 is 0 Å². The zero-order valence-corrected chi connectivity index (χ0v) is 13.7. The van der Waals surface area contributed by atoms with Crippen LogP contribution in [0.1, 0.15) is 50.7 Å². The molecule has 0 saturated carbocycles. The fraction of sp³-hybridized carbons (Fsp3) is 0.667. The molecule has 2 heterocycles. The molecule has 0 bridgehead atoms. The van der Waals surface area contributed by atoms with Gasteiger partial charge in [0, 0.05) is 25.2 Å². The number of piperidine rings is 1. The van der Waals surface area contributed by atoms with E-state index in [9.17, 15) is 0 Å². The lowest BCUT2D eigenvalue weighted by molar-refractivity contribution is -0.0480. The summed E-state index contributed by atoms with van der Waals surface area (Å²) in [6, 6.07) is 6.17. The maximum Gasteiger partial charge on any atom is 0.129 e. The maximum atomic E-state index is 6.44. The van der Waals surface area contributed by atoms with Crippen LogP contribution in [0, 0.1) is 0 Å². The summed E-state index contributed by atoms with van der Waals surface area (Å²) in [6.07, 6.45) is 5.35. The molecule has 3 rings (SSSR count). The van der Waals surface area contributed by atoms with Crippen molar-refractivity contribution < 1.29 is 14.2 Å². The largest absolute Gasteiger partial charge is 0.493 e. The standard InChI is InChI=1S/C18H27NO3/c1-3-4-11-21-14-5-6-15-16(12-14)22-18(13-17(15)20-2)7-9-19-10-8-18/h5-6,12,17,19H,3-4,7-11,13H2,1-2H3. The Balaban J connectivity index is 1.81. The van der Waals surface area contributed by atoms with Crippen LogP contribution < -0.4 is 14.8 Å². The van der Waals surface area contributed by atoms with Gasteiger partial charge in [-0.15, -0.1) is 0 Å². The fourth-order valence-electron chi connectivity index (χ4n) is 3.41. The Hall–Kier alpha value is -1.26. The van der Waals surface area contributed by atoms with Gasteiger partial charge < -0.3 is 19.5 Å². The van der Waals surface area contributed by atoms with Crippen molar-refractivity contribution in [2.75, 3.05) is 26.8 Å². The molecule has 0 aliphatic carbocycles. The van der Waals surface area contributed by atoms with E-state index >= 15 is 0 Å². The van der Waals surface area contributed by atoms with Gasteiger partial charge in [-0.2, -0.15) is 0 Å². The molecule has 22 heavy (non-hydrogen) atoms. The number of hydrogen-bond donors (Lipinski definition) is 1. The third-order valence-corrected chi connectivity index (χ3v) is 4.78. The van der Waals surface area contributed by atoms with Crippen molar-refractivity contribution in [1.82, 2.24) is 5.32 Å². The Morgan fingerprint density at radius 2 is 2.14 bits per heavy atom. The number of rotatable bonds is 5. The molecule has 1 N–H and O–H groups in total. The van der Waals surface area contributed by atoms with Crippen LogP contribution in [0.15, 0.2) is 18.2 Å². The number of fused-ring (bicyclic) bond motifs is 1. The molecule has 2 aliphatic heterocycles. The summed E-state index contributed by atoms with van der Waals surface area (Å²) in [6.45, 7) is 4.96. The number of ether oxygens (including phenoxy) is 3. The Bertz CT molecular complexity index is 497. The van der Waals surface area contributed by atoms with Crippen LogP contribution in [0.4, 0.5) is 0 Å². The van der Waals surface area contributed by atoms with E-state index in [-0.39, 0.29) is 11.7 Å². The molecule has 0 radical (unpaired) electrons. The number of unbranched alkanes of at least 4 members (excludes halogenated alkanes) is 1. The summed E-state index contributed by atoms with van der Waals surface area (Å²) in [7, 11) is 1.79. The molecule has 1 fully saturated rings.